The van der Waals surface area contributed by atoms with Gasteiger partial charge in [-0.3, -0.25) is 4.79 Å². The normalized spacial score (nSPS) is 15.6. The van der Waals surface area contributed by atoms with E-state index in [-0.39, 0.29) is 11.9 Å². The van der Waals surface area contributed by atoms with Gasteiger partial charge in [0.1, 0.15) is 5.75 Å². The Hall–Kier alpha value is -1.55. The third-order valence-electron chi connectivity index (χ3n) is 2.70. The quantitative estimate of drug-likeness (QED) is 0.836. The molecule has 0 spiro atoms. The Kier molecular flexibility index (Phi) is 3.64. The van der Waals surface area contributed by atoms with Gasteiger partial charge in [-0.1, -0.05) is 0 Å². The van der Waals surface area contributed by atoms with Crippen molar-refractivity contribution in [2.45, 2.75) is 32.2 Å². The topological polar surface area (TPSA) is 64.4 Å². The van der Waals surface area contributed by atoms with Crippen LogP contribution in [0.4, 0.5) is 5.69 Å². The minimum atomic E-state index is -0.115. The van der Waals surface area contributed by atoms with E-state index >= 15 is 0 Å². The molecule has 1 aromatic rings. The molecule has 0 fully saturated rings. The zero-order chi connectivity index (χ0) is 12.3. The number of nitrogens with two attached hydrogens (primary N) is 1. The van der Waals surface area contributed by atoms with Crippen molar-refractivity contribution in [3.63, 3.8) is 0 Å². The molecule has 0 saturated heterocycles. The Morgan fingerprint density at radius 2 is 2.41 bits per heavy atom. The highest BCUT2D eigenvalue weighted by Gasteiger charge is 2.12. The van der Waals surface area contributed by atoms with Crippen LogP contribution in [0, 0.1) is 0 Å². The summed E-state index contributed by atoms with van der Waals surface area (Å²) >= 11 is 0. The van der Waals surface area contributed by atoms with Gasteiger partial charge in [-0.05, 0) is 43.5 Å². The van der Waals surface area contributed by atoms with Gasteiger partial charge in [-0.2, -0.15) is 0 Å². The van der Waals surface area contributed by atoms with Crippen LogP contribution in [0.3, 0.4) is 0 Å². The number of benzene rings is 1. The van der Waals surface area contributed by atoms with Crippen molar-refractivity contribution in [1.82, 2.24) is 0 Å². The van der Waals surface area contributed by atoms with E-state index in [1.807, 2.05) is 25.1 Å². The van der Waals surface area contributed by atoms with E-state index in [2.05, 4.69) is 5.32 Å². The number of hydrogen-bond donors (Lipinski definition) is 2. The predicted octanol–water partition coefficient (Wildman–Crippen LogP) is 1.69. The van der Waals surface area contributed by atoms with Crippen molar-refractivity contribution in [1.29, 1.82) is 0 Å². The lowest BCUT2D eigenvalue weighted by molar-refractivity contribution is -0.116. The first-order valence-electron chi connectivity index (χ1n) is 5.96. The molecule has 0 aliphatic carbocycles. The maximum Gasteiger partial charge on any atom is 0.225 e. The summed E-state index contributed by atoms with van der Waals surface area (Å²) in [6.45, 7) is 2.60. The fourth-order valence-corrected chi connectivity index (χ4v) is 1.94. The van der Waals surface area contributed by atoms with Crippen LogP contribution in [0.15, 0.2) is 18.2 Å². The number of carbonyl (C=O) groups excluding carboxylic acids is 1. The van der Waals surface area contributed by atoms with Crippen LogP contribution in [0.25, 0.3) is 0 Å². The molecular weight excluding hydrogens is 216 g/mol. The fraction of sp³-hybridized carbons (Fsp3) is 0.462. The average molecular weight is 234 g/mol. The molecule has 0 aromatic heterocycles. The van der Waals surface area contributed by atoms with Crippen LogP contribution in [0.2, 0.25) is 0 Å². The van der Waals surface area contributed by atoms with E-state index in [9.17, 15) is 4.79 Å². The standard InChI is InChI=1S/C13H18N2O2/c1-9(14)7-13(16)15-11-4-5-12-10(8-11)3-2-6-17-12/h4-5,8-9H,2-3,6-7,14H2,1H3,(H,15,16). The summed E-state index contributed by atoms with van der Waals surface area (Å²) in [5.41, 5.74) is 7.56. The highest BCUT2D eigenvalue weighted by Crippen LogP contribution is 2.27. The Labute approximate surface area is 101 Å². The molecule has 1 aliphatic rings. The van der Waals surface area contributed by atoms with E-state index in [0.29, 0.717) is 6.42 Å². The maximum atomic E-state index is 11.6. The number of nitrogens with one attached hydrogen (secondary N) is 1. The Balaban J connectivity index is 2.04. The van der Waals surface area contributed by atoms with E-state index in [1.165, 1.54) is 0 Å². The molecular formula is C13H18N2O2. The van der Waals surface area contributed by atoms with Crippen LogP contribution in [0.1, 0.15) is 25.3 Å². The highest BCUT2D eigenvalue weighted by molar-refractivity contribution is 5.91. The van der Waals surface area contributed by atoms with Crippen molar-refractivity contribution in [3.8, 4) is 5.75 Å². The maximum absolute atomic E-state index is 11.6. The second-order valence-electron chi connectivity index (χ2n) is 4.50. The Bertz CT molecular complexity index is 416. The lowest BCUT2D eigenvalue weighted by atomic mass is 10.1. The van der Waals surface area contributed by atoms with Crippen LogP contribution < -0.4 is 15.8 Å². The number of fused-ring (bicyclic) bond motifs is 1. The van der Waals surface area contributed by atoms with Gasteiger partial charge in [0, 0.05) is 18.2 Å². The molecule has 1 aliphatic heterocycles. The monoisotopic (exact) mass is 234 g/mol. The molecule has 2 rings (SSSR count). The SMILES string of the molecule is CC(N)CC(=O)Nc1ccc2c(c1)CCCO2. The molecule has 4 nitrogen and oxygen atoms in total. The number of aryl methyl sites for hydroxylation is 1. The van der Waals surface area contributed by atoms with Gasteiger partial charge in [-0.25, -0.2) is 0 Å². The van der Waals surface area contributed by atoms with Gasteiger partial charge in [0.2, 0.25) is 5.91 Å². The third-order valence-corrected chi connectivity index (χ3v) is 2.70. The van der Waals surface area contributed by atoms with Gasteiger partial charge in [0.25, 0.3) is 0 Å². The van der Waals surface area contributed by atoms with E-state index in [1.54, 1.807) is 0 Å². The van der Waals surface area contributed by atoms with Crippen LogP contribution in [-0.4, -0.2) is 18.6 Å². The second-order valence-corrected chi connectivity index (χ2v) is 4.50. The lowest BCUT2D eigenvalue weighted by Gasteiger charge is -2.18. The van der Waals surface area contributed by atoms with Crippen LogP contribution >= 0.6 is 0 Å². The van der Waals surface area contributed by atoms with Crippen molar-refractivity contribution in [2.24, 2.45) is 5.73 Å². The molecule has 1 unspecified atom stereocenters. The summed E-state index contributed by atoms with van der Waals surface area (Å²) in [6, 6.07) is 5.64. The van der Waals surface area contributed by atoms with Crippen molar-refractivity contribution < 1.29 is 9.53 Å². The van der Waals surface area contributed by atoms with Crippen LogP contribution in [0.5, 0.6) is 5.75 Å². The zero-order valence-corrected chi connectivity index (χ0v) is 10.0. The zero-order valence-electron chi connectivity index (χ0n) is 10.0. The molecule has 1 aromatic carbocycles. The second kappa shape index (κ2) is 5.19. The number of rotatable bonds is 3. The van der Waals surface area contributed by atoms with E-state index in [4.69, 9.17) is 10.5 Å². The lowest BCUT2D eigenvalue weighted by Crippen LogP contribution is -2.24. The Morgan fingerprint density at radius 3 is 3.18 bits per heavy atom. The summed E-state index contributed by atoms with van der Waals surface area (Å²) in [7, 11) is 0. The first-order valence-corrected chi connectivity index (χ1v) is 5.96. The number of hydrogen-bond acceptors (Lipinski definition) is 3. The summed E-state index contributed by atoms with van der Waals surface area (Å²) in [4.78, 5) is 11.6. The van der Waals surface area contributed by atoms with Gasteiger partial charge >= 0.3 is 0 Å². The molecule has 4 heteroatoms. The minimum Gasteiger partial charge on any atom is -0.493 e. The first kappa shape index (κ1) is 11.9. The molecule has 17 heavy (non-hydrogen) atoms. The molecule has 0 radical (unpaired) electrons. The number of anilines is 1. The van der Waals surface area contributed by atoms with E-state index < -0.39 is 0 Å². The van der Waals surface area contributed by atoms with Crippen molar-refractivity contribution in [2.75, 3.05) is 11.9 Å². The number of amides is 1. The summed E-state index contributed by atoms with van der Waals surface area (Å²) in [5, 5.41) is 2.85. The number of carbonyl (C=O) groups is 1. The van der Waals surface area contributed by atoms with Crippen LogP contribution in [-0.2, 0) is 11.2 Å². The Morgan fingerprint density at radius 1 is 1.59 bits per heavy atom. The smallest absolute Gasteiger partial charge is 0.225 e. The van der Waals surface area contributed by atoms with Gasteiger partial charge in [-0.15, -0.1) is 0 Å². The third kappa shape index (κ3) is 3.20. The van der Waals surface area contributed by atoms with Gasteiger partial charge in [0.15, 0.2) is 0 Å². The van der Waals surface area contributed by atoms with E-state index in [0.717, 1.165) is 36.4 Å². The average Bonchev–Trinajstić information content (AvgIpc) is 2.27. The fourth-order valence-electron chi connectivity index (χ4n) is 1.94. The summed E-state index contributed by atoms with van der Waals surface area (Å²) < 4.78 is 5.52. The summed E-state index contributed by atoms with van der Waals surface area (Å²) in [6.07, 6.45) is 2.38. The summed E-state index contributed by atoms with van der Waals surface area (Å²) in [5.74, 6) is 0.887. The number of ether oxygens (including phenoxy) is 1. The molecule has 0 saturated carbocycles. The first-order chi connectivity index (χ1) is 8.15. The van der Waals surface area contributed by atoms with Gasteiger partial charge in [0.05, 0.1) is 6.61 Å². The minimum absolute atomic E-state index is 0.0447. The molecule has 1 amide bonds. The van der Waals surface area contributed by atoms with Crippen molar-refractivity contribution in [3.05, 3.63) is 23.8 Å². The molecule has 1 atom stereocenters. The molecule has 1 heterocycles. The molecule has 0 bridgehead atoms. The van der Waals surface area contributed by atoms with Crippen molar-refractivity contribution >= 4 is 11.6 Å². The predicted molar refractivity (Wildman–Crippen MR) is 67.2 cm³/mol. The highest BCUT2D eigenvalue weighted by atomic mass is 16.5. The molecule has 3 N–H and O–H groups in total. The molecule has 92 valence electrons. The largest absolute Gasteiger partial charge is 0.493 e. The van der Waals surface area contributed by atoms with Gasteiger partial charge < -0.3 is 15.8 Å².